The number of aryl methyl sites for hydroxylation is 1. The van der Waals surface area contributed by atoms with Crippen LogP contribution in [-0.2, 0) is 11.3 Å². The number of nitrogens with zero attached hydrogens (tertiary/aromatic N) is 2. The second-order valence-electron chi connectivity index (χ2n) is 4.60. The van der Waals surface area contributed by atoms with Gasteiger partial charge in [-0.2, -0.15) is 5.10 Å². The summed E-state index contributed by atoms with van der Waals surface area (Å²) in [5.74, 6) is -0.491. The molecule has 0 aliphatic carbocycles. The van der Waals surface area contributed by atoms with Crippen molar-refractivity contribution < 1.29 is 9.59 Å². The van der Waals surface area contributed by atoms with Gasteiger partial charge in [-0.05, 0) is 33.7 Å². The number of likely N-dealkylation sites (N-methyl/N-ethyl adjacent to an activating group) is 1. The Morgan fingerprint density at radius 2 is 2.20 bits per heavy atom. The molecule has 2 amide bonds. The molecule has 1 unspecified atom stereocenters. The van der Waals surface area contributed by atoms with Gasteiger partial charge in [0.2, 0.25) is 5.91 Å². The maximum Gasteiger partial charge on any atom is 0.255 e. The first-order valence-electron chi connectivity index (χ1n) is 6.82. The van der Waals surface area contributed by atoms with Crippen molar-refractivity contribution in [1.82, 2.24) is 20.4 Å². The summed E-state index contributed by atoms with van der Waals surface area (Å²) in [6, 6.07) is -0.575. The second kappa shape index (κ2) is 7.64. The molecule has 20 heavy (non-hydrogen) atoms. The topological polar surface area (TPSA) is 102 Å². The van der Waals surface area contributed by atoms with Gasteiger partial charge in [0.05, 0.1) is 11.8 Å². The van der Waals surface area contributed by atoms with Gasteiger partial charge in [-0.25, -0.2) is 0 Å². The van der Waals surface area contributed by atoms with E-state index in [0.717, 1.165) is 12.1 Å². The van der Waals surface area contributed by atoms with E-state index in [1.165, 1.54) is 6.20 Å². The molecule has 0 aliphatic rings. The molecule has 0 aliphatic heterocycles. The first-order valence-corrected chi connectivity index (χ1v) is 6.82. The molecule has 112 valence electrons. The quantitative estimate of drug-likeness (QED) is 0.644. The first-order chi connectivity index (χ1) is 9.51. The lowest BCUT2D eigenvalue weighted by Gasteiger charge is -2.13. The molecule has 7 nitrogen and oxygen atoms in total. The molecule has 1 rings (SSSR count). The van der Waals surface area contributed by atoms with Crippen LogP contribution in [0.2, 0.25) is 0 Å². The van der Waals surface area contributed by atoms with E-state index in [0.29, 0.717) is 25.2 Å². The van der Waals surface area contributed by atoms with Crippen molar-refractivity contribution >= 4 is 11.8 Å². The van der Waals surface area contributed by atoms with Crippen molar-refractivity contribution in [2.24, 2.45) is 5.73 Å². The minimum Gasteiger partial charge on any atom is -0.355 e. The standard InChI is InChI=1S/C13H23N5O2/c1-4-15-12(19)9(2)17-13(20)11-8-16-18(10(11)3)7-5-6-14/h8-9H,4-7,14H2,1-3H3,(H,15,19)(H,17,20). The molecule has 0 radical (unpaired) electrons. The van der Waals surface area contributed by atoms with E-state index >= 15 is 0 Å². The van der Waals surface area contributed by atoms with E-state index in [1.807, 2.05) is 13.8 Å². The Balaban J connectivity index is 2.68. The van der Waals surface area contributed by atoms with Crippen LogP contribution in [0, 0.1) is 6.92 Å². The van der Waals surface area contributed by atoms with Crippen LogP contribution in [0.5, 0.6) is 0 Å². The highest BCUT2D eigenvalue weighted by molar-refractivity contribution is 5.98. The maximum absolute atomic E-state index is 12.1. The summed E-state index contributed by atoms with van der Waals surface area (Å²) in [7, 11) is 0. The van der Waals surface area contributed by atoms with E-state index in [1.54, 1.807) is 11.6 Å². The van der Waals surface area contributed by atoms with Gasteiger partial charge in [0.1, 0.15) is 6.04 Å². The van der Waals surface area contributed by atoms with Gasteiger partial charge in [0.15, 0.2) is 0 Å². The summed E-state index contributed by atoms with van der Waals surface area (Å²) in [5.41, 5.74) is 6.72. The maximum atomic E-state index is 12.1. The largest absolute Gasteiger partial charge is 0.355 e. The molecule has 1 aromatic heterocycles. The van der Waals surface area contributed by atoms with Crippen LogP contribution in [0.4, 0.5) is 0 Å². The fourth-order valence-electron chi connectivity index (χ4n) is 1.80. The summed E-state index contributed by atoms with van der Waals surface area (Å²) in [6.07, 6.45) is 2.32. The summed E-state index contributed by atoms with van der Waals surface area (Å²) < 4.78 is 1.75. The molecule has 0 saturated carbocycles. The molecule has 0 saturated heterocycles. The normalized spacial score (nSPS) is 12.0. The van der Waals surface area contributed by atoms with E-state index < -0.39 is 6.04 Å². The van der Waals surface area contributed by atoms with Gasteiger partial charge in [-0.1, -0.05) is 0 Å². The van der Waals surface area contributed by atoms with Crippen molar-refractivity contribution in [3.8, 4) is 0 Å². The average molecular weight is 281 g/mol. The Morgan fingerprint density at radius 3 is 2.80 bits per heavy atom. The zero-order valence-electron chi connectivity index (χ0n) is 12.3. The van der Waals surface area contributed by atoms with E-state index in [4.69, 9.17) is 5.73 Å². The number of aromatic nitrogens is 2. The SMILES string of the molecule is CCNC(=O)C(C)NC(=O)c1cnn(CCCN)c1C. The van der Waals surface area contributed by atoms with E-state index in [2.05, 4.69) is 15.7 Å². The van der Waals surface area contributed by atoms with Crippen LogP contribution in [0.15, 0.2) is 6.20 Å². The lowest BCUT2D eigenvalue weighted by Crippen LogP contribution is -2.44. The molecule has 0 spiro atoms. The lowest BCUT2D eigenvalue weighted by atomic mass is 10.2. The molecule has 7 heteroatoms. The molecular weight excluding hydrogens is 258 g/mol. The van der Waals surface area contributed by atoms with E-state index in [9.17, 15) is 9.59 Å². The van der Waals surface area contributed by atoms with Gasteiger partial charge < -0.3 is 16.4 Å². The molecule has 4 N–H and O–H groups in total. The molecular formula is C13H23N5O2. The summed E-state index contributed by atoms with van der Waals surface area (Å²) in [6.45, 7) is 7.11. The summed E-state index contributed by atoms with van der Waals surface area (Å²) >= 11 is 0. The number of rotatable bonds is 7. The Hall–Kier alpha value is -1.89. The number of carbonyl (C=O) groups is 2. The van der Waals surface area contributed by atoms with Crippen molar-refractivity contribution in [2.75, 3.05) is 13.1 Å². The molecule has 1 aromatic rings. The van der Waals surface area contributed by atoms with Crippen molar-refractivity contribution in [3.05, 3.63) is 17.5 Å². The van der Waals surface area contributed by atoms with Crippen LogP contribution in [0.1, 0.15) is 36.3 Å². The molecule has 0 bridgehead atoms. The van der Waals surface area contributed by atoms with Gasteiger partial charge in [0, 0.05) is 18.8 Å². The van der Waals surface area contributed by atoms with Gasteiger partial charge in [-0.15, -0.1) is 0 Å². The molecule has 0 fully saturated rings. The predicted molar refractivity (Wildman–Crippen MR) is 76.2 cm³/mol. The highest BCUT2D eigenvalue weighted by Gasteiger charge is 2.19. The number of amides is 2. The van der Waals surface area contributed by atoms with Crippen LogP contribution in [-0.4, -0.2) is 40.7 Å². The van der Waals surface area contributed by atoms with Crippen molar-refractivity contribution in [1.29, 1.82) is 0 Å². The predicted octanol–water partition coefficient (Wildman–Crippen LogP) is -0.205. The second-order valence-corrected chi connectivity index (χ2v) is 4.60. The van der Waals surface area contributed by atoms with Crippen molar-refractivity contribution in [2.45, 2.75) is 39.8 Å². The average Bonchev–Trinajstić information content (AvgIpc) is 2.77. The Bertz CT molecular complexity index is 469. The Labute approximate surface area is 118 Å². The number of nitrogens with two attached hydrogens (primary N) is 1. The Kier molecular flexibility index (Phi) is 6.17. The Morgan fingerprint density at radius 1 is 1.50 bits per heavy atom. The van der Waals surface area contributed by atoms with E-state index in [-0.39, 0.29) is 11.8 Å². The fourth-order valence-corrected chi connectivity index (χ4v) is 1.80. The molecule has 1 heterocycles. The highest BCUT2D eigenvalue weighted by Crippen LogP contribution is 2.08. The third kappa shape index (κ3) is 4.06. The molecule has 0 aromatic carbocycles. The minimum absolute atomic E-state index is 0.200. The summed E-state index contributed by atoms with van der Waals surface area (Å²) in [5, 5.41) is 9.49. The van der Waals surface area contributed by atoms with Crippen LogP contribution in [0.3, 0.4) is 0 Å². The lowest BCUT2D eigenvalue weighted by molar-refractivity contribution is -0.122. The van der Waals surface area contributed by atoms with Gasteiger partial charge in [0.25, 0.3) is 5.91 Å². The third-order valence-corrected chi connectivity index (χ3v) is 3.01. The van der Waals surface area contributed by atoms with Gasteiger partial charge in [-0.3, -0.25) is 14.3 Å². The minimum atomic E-state index is -0.575. The zero-order valence-corrected chi connectivity index (χ0v) is 12.3. The van der Waals surface area contributed by atoms with Crippen molar-refractivity contribution in [3.63, 3.8) is 0 Å². The fraction of sp³-hybridized carbons (Fsp3) is 0.615. The van der Waals surface area contributed by atoms with Crippen LogP contribution in [0.25, 0.3) is 0 Å². The number of carbonyl (C=O) groups excluding carboxylic acids is 2. The number of nitrogens with one attached hydrogen (secondary N) is 2. The number of hydrogen-bond acceptors (Lipinski definition) is 4. The number of hydrogen-bond donors (Lipinski definition) is 3. The van der Waals surface area contributed by atoms with Crippen LogP contribution < -0.4 is 16.4 Å². The molecule has 1 atom stereocenters. The highest BCUT2D eigenvalue weighted by atomic mass is 16.2. The smallest absolute Gasteiger partial charge is 0.255 e. The zero-order chi connectivity index (χ0) is 15.1. The first kappa shape index (κ1) is 16.2. The monoisotopic (exact) mass is 281 g/mol. The van der Waals surface area contributed by atoms with Crippen LogP contribution >= 0.6 is 0 Å². The summed E-state index contributed by atoms with van der Waals surface area (Å²) in [4.78, 5) is 23.7. The third-order valence-electron chi connectivity index (χ3n) is 3.01. The van der Waals surface area contributed by atoms with Gasteiger partial charge >= 0.3 is 0 Å².